The fraction of sp³-hybridized carbons (Fsp3) is 0.136. The summed E-state index contributed by atoms with van der Waals surface area (Å²) in [5.41, 5.74) is 4.97. The highest BCUT2D eigenvalue weighted by Gasteiger charge is 2.09. The Bertz CT molecular complexity index is 851. The Hall–Kier alpha value is -2.87. The second-order valence-electron chi connectivity index (χ2n) is 5.86. The molecular formula is C22H20O2. The minimum atomic E-state index is 0.0904. The zero-order chi connectivity index (χ0) is 16.9. The molecular weight excluding hydrogens is 296 g/mol. The van der Waals surface area contributed by atoms with E-state index in [4.69, 9.17) is 4.74 Å². The van der Waals surface area contributed by atoms with Gasteiger partial charge in [-0.15, -0.1) is 0 Å². The first-order chi connectivity index (χ1) is 11.6. The van der Waals surface area contributed by atoms with E-state index in [1.807, 2.05) is 67.6 Å². The Morgan fingerprint density at radius 2 is 1.62 bits per heavy atom. The quantitative estimate of drug-likeness (QED) is 0.586. The minimum absolute atomic E-state index is 0.0904. The Balaban J connectivity index is 1.89. The van der Waals surface area contributed by atoms with Crippen LogP contribution in [0.4, 0.5) is 0 Å². The fourth-order valence-electron chi connectivity index (χ4n) is 2.79. The molecule has 0 amide bonds. The third kappa shape index (κ3) is 3.54. The molecule has 24 heavy (non-hydrogen) atoms. The molecule has 0 aliphatic rings. The summed E-state index contributed by atoms with van der Waals surface area (Å²) in [6, 6.07) is 24.0. The molecule has 0 heterocycles. The fourth-order valence-corrected chi connectivity index (χ4v) is 2.79. The van der Waals surface area contributed by atoms with E-state index in [9.17, 15) is 4.79 Å². The summed E-state index contributed by atoms with van der Waals surface area (Å²) >= 11 is 0. The number of benzene rings is 3. The second-order valence-corrected chi connectivity index (χ2v) is 5.86. The van der Waals surface area contributed by atoms with E-state index in [0.717, 1.165) is 33.6 Å². The number of aryl methyl sites for hydroxylation is 1. The van der Waals surface area contributed by atoms with Crippen LogP contribution in [-0.4, -0.2) is 5.78 Å². The number of para-hydroxylation sites is 1. The van der Waals surface area contributed by atoms with Crippen LogP contribution in [0.3, 0.4) is 0 Å². The summed E-state index contributed by atoms with van der Waals surface area (Å²) < 4.78 is 6.03. The van der Waals surface area contributed by atoms with Crippen LogP contribution in [0.25, 0.3) is 11.1 Å². The minimum Gasteiger partial charge on any atom is -0.488 e. The first kappa shape index (κ1) is 16.0. The summed E-state index contributed by atoms with van der Waals surface area (Å²) in [5.74, 6) is 0.934. The van der Waals surface area contributed by atoms with Gasteiger partial charge in [-0.25, -0.2) is 0 Å². The number of Topliss-reactive ketones (excluding diaryl/α,β-unsaturated/α-hetero) is 1. The van der Waals surface area contributed by atoms with Crippen LogP contribution in [0.1, 0.15) is 28.4 Å². The molecule has 0 N–H and O–H groups in total. The molecule has 0 saturated heterocycles. The van der Waals surface area contributed by atoms with Crippen LogP contribution in [0, 0.1) is 6.92 Å². The average Bonchev–Trinajstić information content (AvgIpc) is 2.60. The molecule has 0 fully saturated rings. The largest absolute Gasteiger partial charge is 0.488 e. The number of ether oxygens (including phenoxy) is 1. The normalized spacial score (nSPS) is 10.4. The Morgan fingerprint density at radius 3 is 2.33 bits per heavy atom. The van der Waals surface area contributed by atoms with Crippen molar-refractivity contribution in [2.24, 2.45) is 0 Å². The lowest BCUT2D eigenvalue weighted by atomic mass is 9.98. The molecule has 120 valence electrons. The molecule has 0 saturated carbocycles. The summed E-state index contributed by atoms with van der Waals surface area (Å²) in [7, 11) is 0. The van der Waals surface area contributed by atoms with Crippen molar-refractivity contribution in [1.82, 2.24) is 0 Å². The smallest absolute Gasteiger partial charge is 0.160 e. The Labute approximate surface area is 142 Å². The van der Waals surface area contributed by atoms with Crippen LogP contribution < -0.4 is 4.74 Å². The van der Waals surface area contributed by atoms with Gasteiger partial charge in [-0.2, -0.15) is 0 Å². The molecule has 3 aromatic rings. The summed E-state index contributed by atoms with van der Waals surface area (Å²) in [6.07, 6.45) is 0. The molecule has 0 radical (unpaired) electrons. The van der Waals surface area contributed by atoms with Crippen molar-refractivity contribution in [2.45, 2.75) is 20.5 Å². The SMILES string of the molecule is CC(=O)c1ccc(-c2ccccc2OCc2ccccc2)cc1C. The van der Waals surface area contributed by atoms with Crippen molar-refractivity contribution < 1.29 is 9.53 Å². The zero-order valence-corrected chi connectivity index (χ0v) is 14.0. The maximum atomic E-state index is 11.6. The third-order valence-electron chi connectivity index (χ3n) is 4.04. The lowest BCUT2D eigenvalue weighted by Crippen LogP contribution is -1.98. The van der Waals surface area contributed by atoms with Gasteiger partial charge in [-0.3, -0.25) is 4.79 Å². The summed E-state index contributed by atoms with van der Waals surface area (Å²) in [4.78, 5) is 11.6. The molecule has 0 aliphatic carbocycles. The van der Waals surface area contributed by atoms with E-state index < -0.39 is 0 Å². The van der Waals surface area contributed by atoms with Crippen LogP contribution >= 0.6 is 0 Å². The number of hydrogen-bond acceptors (Lipinski definition) is 2. The number of ketones is 1. The van der Waals surface area contributed by atoms with E-state index in [2.05, 4.69) is 12.1 Å². The molecule has 0 unspecified atom stereocenters. The Kier molecular flexibility index (Phi) is 4.76. The number of rotatable bonds is 5. The van der Waals surface area contributed by atoms with Crippen molar-refractivity contribution in [1.29, 1.82) is 0 Å². The predicted octanol–water partition coefficient (Wildman–Crippen LogP) is 5.44. The molecule has 2 heteroatoms. The van der Waals surface area contributed by atoms with E-state index in [-0.39, 0.29) is 5.78 Å². The lowest BCUT2D eigenvalue weighted by molar-refractivity contribution is 0.101. The highest BCUT2D eigenvalue weighted by atomic mass is 16.5. The van der Waals surface area contributed by atoms with Gasteiger partial charge in [0, 0.05) is 11.1 Å². The van der Waals surface area contributed by atoms with E-state index >= 15 is 0 Å². The van der Waals surface area contributed by atoms with E-state index in [1.54, 1.807) is 6.92 Å². The van der Waals surface area contributed by atoms with Crippen LogP contribution in [0.5, 0.6) is 5.75 Å². The zero-order valence-electron chi connectivity index (χ0n) is 14.0. The molecule has 0 aliphatic heterocycles. The van der Waals surface area contributed by atoms with Gasteiger partial charge in [-0.05, 0) is 36.6 Å². The van der Waals surface area contributed by atoms with Crippen molar-refractivity contribution in [2.75, 3.05) is 0 Å². The number of hydrogen-bond donors (Lipinski definition) is 0. The standard InChI is InChI=1S/C22H20O2/c1-16-14-19(12-13-20(16)17(2)23)21-10-6-7-11-22(21)24-15-18-8-4-3-5-9-18/h3-14H,15H2,1-2H3. The first-order valence-corrected chi connectivity index (χ1v) is 8.03. The predicted molar refractivity (Wildman–Crippen MR) is 97.4 cm³/mol. The maximum Gasteiger partial charge on any atom is 0.160 e. The summed E-state index contributed by atoms with van der Waals surface area (Å²) in [6.45, 7) is 4.09. The average molecular weight is 316 g/mol. The van der Waals surface area contributed by atoms with Crippen LogP contribution in [0.2, 0.25) is 0 Å². The monoisotopic (exact) mass is 316 g/mol. The Morgan fingerprint density at radius 1 is 0.917 bits per heavy atom. The third-order valence-corrected chi connectivity index (χ3v) is 4.04. The van der Waals surface area contributed by atoms with Gasteiger partial charge in [0.05, 0.1) is 0 Å². The van der Waals surface area contributed by atoms with E-state index in [0.29, 0.717) is 6.61 Å². The van der Waals surface area contributed by atoms with Gasteiger partial charge in [0.2, 0.25) is 0 Å². The number of carbonyl (C=O) groups is 1. The van der Waals surface area contributed by atoms with Gasteiger partial charge < -0.3 is 4.74 Å². The highest BCUT2D eigenvalue weighted by molar-refractivity contribution is 5.96. The van der Waals surface area contributed by atoms with Gasteiger partial charge in [0.15, 0.2) is 5.78 Å². The van der Waals surface area contributed by atoms with Crippen molar-refractivity contribution in [3.8, 4) is 16.9 Å². The second kappa shape index (κ2) is 7.14. The van der Waals surface area contributed by atoms with Gasteiger partial charge in [-0.1, -0.05) is 66.7 Å². The molecule has 0 atom stereocenters. The van der Waals surface area contributed by atoms with E-state index in [1.165, 1.54) is 0 Å². The molecule has 3 aromatic carbocycles. The molecule has 0 bridgehead atoms. The van der Waals surface area contributed by atoms with Crippen molar-refractivity contribution in [3.63, 3.8) is 0 Å². The highest BCUT2D eigenvalue weighted by Crippen LogP contribution is 2.31. The molecule has 0 spiro atoms. The molecule has 3 rings (SSSR count). The van der Waals surface area contributed by atoms with Gasteiger partial charge in [0.25, 0.3) is 0 Å². The van der Waals surface area contributed by atoms with Crippen LogP contribution in [0.15, 0.2) is 72.8 Å². The van der Waals surface area contributed by atoms with Gasteiger partial charge >= 0.3 is 0 Å². The summed E-state index contributed by atoms with van der Waals surface area (Å²) in [5, 5.41) is 0. The van der Waals surface area contributed by atoms with Crippen molar-refractivity contribution in [3.05, 3.63) is 89.5 Å². The molecule has 2 nitrogen and oxygen atoms in total. The van der Waals surface area contributed by atoms with Crippen LogP contribution in [-0.2, 0) is 6.61 Å². The van der Waals surface area contributed by atoms with Crippen molar-refractivity contribution >= 4 is 5.78 Å². The van der Waals surface area contributed by atoms with Gasteiger partial charge in [0.1, 0.15) is 12.4 Å². The topological polar surface area (TPSA) is 26.3 Å². The molecule has 0 aromatic heterocycles. The number of carbonyl (C=O) groups excluding carboxylic acids is 1. The lowest BCUT2D eigenvalue weighted by Gasteiger charge is -2.13. The first-order valence-electron chi connectivity index (χ1n) is 8.03. The maximum absolute atomic E-state index is 11.6.